The Morgan fingerprint density at radius 2 is 2.00 bits per heavy atom. The van der Waals surface area contributed by atoms with Crippen LogP contribution in [0.5, 0.6) is 0 Å². The third-order valence-electron chi connectivity index (χ3n) is 1.69. The number of rotatable bonds is 1. The summed E-state index contributed by atoms with van der Waals surface area (Å²) in [4.78, 5) is 10.7. The molecule has 0 aliphatic heterocycles. The zero-order chi connectivity index (χ0) is 10.2. The van der Waals surface area contributed by atoms with Crippen LogP contribution < -0.4 is 5.73 Å². The lowest BCUT2D eigenvalue weighted by atomic mass is 10.1. The van der Waals surface area contributed by atoms with Crippen molar-refractivity contribution in [3.8, 4) is 0 Å². The molecule has 0 bridgehead atoms. The molecule has 0 unspecified atom stereocenters. The van der Waals surface area contributed by atoms with Crippen LogP contribution in [0.3, 0.4) is 0 Å². The van der Waals surface area contributed by atoms with Crippen molar-refractivity contribution in [1.82, 2.24) is 0 Å². The summed E-state index contributed by atoms with van der Waals surface area (Å²) in [5.74, 6) is -2.29. The van der Waals surface area contributed by atoms with Crippen molar-refractivity contribution < 1.29 is 13.6 Å². The smallest absolute Gasteiger partial charge is 0.252 e. The third kappa shape index (κ3) is 1.62. The van der Waals surface area contributed by atoms with Gasteiger partial charge in [0.25, 0.3) is 5.24 Å². The molecule has 0 amide bonds. The lowest BCUT2D eigenvalue weighted by Crippen LogP contribution is -2.03. The molecule has 1 rings (SSSR count). The van der Waals surface area contributed by atoms with Crippen LogP contribution in [0.25, 0.3) is 0 Å². The van der Waals surface area contributed by atoms with Gasteiger partial charge in [-0.05, 0) is 24.6 Å². The summed E-state index contributed by atoms with van der Waals surface area (Å²) in [5.41, 5.74) is 4.43. The number of hydrogen-bond donors (Lipinski definition) is 1. The third-order valence-corrected chi connectivity index (χ3v) is 1.89. The Morgan fingerprint density at radius 3 is 2.46 bits per heavy atom. The fourth-order valence-electron chi connectivity index (χ4n) is 0.941. The highest BCUT2D eigenvalue weighted by Gasteiger charge is 2.16. The van der Waals surface area contributed by atoms with Crippen LogP contribution >= 0.6 is 11.6 Å². The number of anilines is 1. The summed E-state index contributed by atoms with van der Waals surface area (Å²) in [6.07, 6.45) is 0. The van der Waals surface area contributed by atoms with E-state index in [9.17, 15) is 13.6 Å². The van der Waals surface area contributed by atoms with Gasteiger partial charge in [0, 0.05) is 11.1 Å². The molecule has 70 valence electrons. The van der Waals surface area contributed by atoms with Gasteiger partial charge >= 0.3 is 0 Å². The Hall–Kier alpha value is -1.16. The van der Waals surface area contributed by atoms with Crippen molar-refractivity contribution in [1.29, 1.82) is 0 Å². The van der Waals surface area contributed by atoms with Crippen molar-refractivity contribution in [2.45, 2.75) is 6.92 Å². The van der Waals surface area contributed by atoms with Crippen LogP contribution in [0.15, 0.2) is 6.07 Å². The molecule has 0 aliphatic carbocycles. The Labute approximate surface area is 78.3 Å². The second-order valence-electron chi connectivity index (χ2n) is 2.54. The highest BCUT2D eigenvalue weighted by Crippen LogP contribution is 2.22. The summed E-state index contributed by atoms with van der Waals surface area (Å²) >= 11 is 5.12. The Balaban J connectivity index is 3.50. The molecule has 0 fully saturated rings. The summed E-state index contributed by atoms with van der Waals surface area (Å²) < 4.78 is 25.7. The van der Waals surface area contributed by atoms with Crippen molar-refractivity contribution in [2.75, 3.05) is 5.73 Å². The molecular weight excluding hydrogens is 200 g/mol. The highest BCUT2D eigenvalue weighted by atomic mass is 35.5. The average Bonchev–Trinajstić information content (AvgIpc) is 2.07. The fourth-order valence-corrected chi connectivity index (χ4v) is 1.14. The number of nitrogens with two attached hydrogens (primary N) is 1. The Morgan fingerprint density at radius 1 is 1.46 bits per heavy atom. The monoisotopic (exact) mass is 205 g/mol. The summed E-state index contributed by atoms with van der Waals surface area (Å²) in [6.45, 7) is 1.26. The molecule has 0 saturated carbocycles. The van der Waals surface area contributed by atoms with Crippen molar-refractivity contribution in [3.05, 3.63) is 28.8 Å². The quantitative estimate of drug-likeness (QED) is 0.564. The minimum atomic E-state index is -1.15. The van der Waals surface area contributed by atoms with Gasteiger partial charge in [-0.25, -0.2) is 8.78 Å². The minimum Gasteiger partial charge on any atom is -0.396 e. The first kappa shape index (κ1) is 9.92. The number of carbonyl (C=O) groups is 1. The molecule has 0 atom stereocenters. The largest absolute Gasteiger partial charge is 0.396 e. The second kappa shape index (κ2) is 3.30. The highest BCUT2D eigenvalue weighted by molar-refractivity contribution is 6.68. The van der Waals surface area contributed by atoms with Gasteiger partial charge in [0.1, 0.15) is 0 Å². The molecular formula is C8H6ClF2NO. The van der Waals surface area contributed by atoms with Crippen molar-refractivity contribution in [3.63, 3.8) is 0 Å². The average molecular weight is 206 g/mol. The molecule has 1 aromatic carbocycles. The van der Waals surface area contributed by atoms with Crippen LogP contribution in [-0.4, -0.2) is 5.24 Å². The molecule has 0 spiro atoms. The molecule has 2 N–H and O–H groups in total. The molecule has 13 heavy (non-hydrogen) atoms. The predicted octanol–water partition coefficient (Wildman–Crippen LogP) is 2.23. The molecule has 2 nitrogen and oxygen atoms in total. The van der Waals surface area contributed by atoms with E-state index in [-0.39, 0.29) is 11.1 Å². The van der Waals surface area contributed by atoms with E-state index < -0.39 is 22.6 Å². The second-order valence-corrected chi connectivity index (χ2v) is 2.88. The van der Waals surface area contributed by atoms with Crippen molar-refractivity contribution in [2.24, 2.45) is 0 Å². The van der Waals surface area contributed by atoms with Gasteiger partial charge in [-0.2, -0.15) is 0 Å². The summed E-state index contributed by atoms with van der Waals surface area (Å²) in [7, 11) is 0. The normalized spacial score (nSPS) is 10.2. The van der Waals surface area contributed by atoms with Crippen LogP contribution in [0.1, 0.15) is 15.9 Å². The molecule has 0 radical (unpaired) electrons. The molecule has 0 aromatic heterocycles. The maximum absolute atomic E-state index is 12.9. The molecule has 1 aromatic rings. The van der Waals surface area contributed by atoms with E-state index in [2.05, 4.69) is 0 Å². The molecule has 0 heterocycles. The number of nitrogen functional groups attached to an aromatic ring is 1. The van der Waals surface area contributed by atoms with Gasteiger partial charge in [0.2, 0.25) is 0 Å². The minimum absolute atomic E-state index is 0.113. The van der Waals surface area contributed by atoms with Gasteiger partial charge in [0.15, 0.2) is 11.6 Å². The van der Waals surface area contributed by atoms with Gasteiger partial charge in [-0.1, -0.05) is 0 Å². The Bertz CT molecular complexity index is 379. The number of halogens is 3. The number of benzene rings is 1. The maximum Gasteiger partial charge on any atom is 0.252 e. The zero-order valence-electron chi connectivity index (χ0n) is 6.70. The predicted molar refractivity (Wildman–Crippen MR) is 45.7 cm³/mol. The van der Waals surface area contributed by atoms with E-state index >= 15 is 0 Å². The van der Waals surface area contributed by atoms with E-state index in [0.717, 1.165) is 6.07 Å². The lowest BCUT2D eigenvalue weighted by Gasteiger charge is -2.05. The first-order chi connectivity index (χ1) is 5.95. The molecule has 5 heteroatoms. The number of carbonyl (C=O) groups excluding carboxylic acids is 1. The van der Waals surface area contributed by atoms with Gasteiger partial charge in [0.05, 0.1) is 5.69 Å². The summed E-state index contributed by atoms with van der Waals surface area (Å²) in [6, 6.07) is 1.02. The van der Waals surface area contributed by atoms with E-state index in [1.807, 2.05) is 0 Å². The van der Waals surface area contributed by atoms with E-state index in [0.29, 0.717) is 0 Å². The van der Waals surface area contributed by atoms with Crippen LogP contribution in [0, 0.1) is 18.6 Å². The first-order valence-corrected chi connectivity index (χ1v) is 3.77. The zero-order valence-corrected chi connectivity index (χ0v) is 7.45. The topological polar surface area (TPSA) is 43.1 Å². The van der Waals surface area contributed by atoms with E-state index in [1.54, 1.807) is 0 Å². The molecule has 0 saturated heterocycles. The van der Waals surface area contributed by atoms with Crippen molar-refractivity contribution >= 4 is 22.5 Å². The van der Waals surface area contributed by atoms with E-state index in [4.69, 9.17) is 17.3 Å². The first-order valence-electron chi connectivity index (χ1n) is 3.39. The number of hydrogen-bond acceptors (Lipinski definition) is 2. The van der Waals surface area contributed by atoms with Crippen LogP contribution in [0.4, 0.5) is 14.5 Å². The maximum atomic E-state index is 12.9. The van der Waals surface area contributed by atoms with Gasteiger partial charge < -0.3 is 5.73 Å². The summed E-state index contributed by atoms with van der Waals surface area (Å²) in [5, 5.41) is -0.858. The standard InChI is InChI=1S/C8H6ClF2NO/c1-3-4(8(9)13)2-5(12)7(11)6(3)10/h2H,12H2,1H3. The lowest BCUT2D eigenvalue weighted by molar-refractivity contribution is 0.108. The molecule has 0 aliphatic rings. The SMILES string of the molecule is Cc1c(C(=O)Cl)cc(N)c(F)c1F. The van der Waals surface area contributed by atoms with Gasteiger partial charge in [-0.3, -0.25) is 4.79 Å². The fraction of sp³-hybridized carbons (Fsp3) is 0.125. The van der Waals surface area contributed by atoms with Crippen LogP contribution in [0.2, 0.25) is 0 Å². The Kier molecular flexibility index (Phi) is 2.52. The van der Waals surface area contributed by atoms with E-state index in [1.165, 1.54) is 6.92 Å². The van der Waals surface area contributed by atoms with Crippen LogP contribution in [-0.2, 0) is 0 Å². The van der Waals surface area contributed by atoms with Gasteiger partial charge in [-0.15, -0.1) is 0 Å².